The molecule has 0 saturated carbocycles. The molecular weight excluding hydrogens is 624 g/mol. The molecule has 2 aliphatic rings. The maximum Gasteiger partial charge on any atom is 0.303 e. The molecule has 1 N–H and O–H groups in total. The SMILES string of the molecule is CC(=O)OC[C@H]1O[C@@H](O[C@H]2[C@H](OC(C)=O)[C@@H](COC(C)=O)OC(O)[C@@H]2Br)[C@H](OC(C)=O)[C@@H](OC(C)=O)[C@H]1OC(C)=O. The molecule has 10 atom stereocenters. The van der Waals surface area contributed by atoms with E-state index in [4.69, 9.17) is 42.6 Å². The Kier molecular flexibility index (Phi) is 12.9. The number of aliphatic hydroxyl groups is 1. The van der Waals surface area contributed by atoms with Crippen molar-refractivity contribution in [3.8, 4) is 0 Å². The van der Waals surface area contributed by atoms with E-state index >= 15 is 0 Å². The first-order valence-electron chi connectivity index (χ1n) is 12.3. The van der Waals surface area contributed by atoms with E-state index in [1.165, 1.54) is 0 Å². The smallest absolute Gasteiger partial charge is 0.303 e. The first-order valence-corrected chi connectivity index (χ1v) is 13.3. The Morgan fingerprint density at radius 3 is 1.41 bits per heavy atom. The van der Waals surface area contributed by atoms with Crippen molar-refractivity contribution in [2.24, 2.45) is 0 Å². The van der Waals surface area contributed by atoms with E-state index in [0.29, 0.717) is 0 Å². The van der Waals surface area contributed by atoms with Crippen molar-refractivity contribution in [1.29, 1.82) is 0 Å². The Balaban J connectivity index is 2.55. The monoisotopic (exact) mass is 656 g/mol. The Hall–Kier alpha value is -2.86. The third kappa shape index (κ3) is 10.2. The topological polar surface area (TPSA) is 206 Å². The minimum absolute atomic E-state index is 0.442. The van der Waals surface area contributed by atoms with Gasteiger partial charge in [-0.25, -0.2) is 0 Å². The predicted octanol–water partition coefficient (Wildman–Crippen LogP) is -0.570. The molecule has 232 valence electrons. The molecule has 16 nitrogen and oxygen atoms in total. The average Bonchev–Trinajstić information content (AvgIpc) is 2.83. The summed E-state index contributed by atoms with van der Waals surface area (Å²) in [5, 5.41) is 10.5. The van der Waals surface area contributed by atoms with Crippen LogP contribution in [-0.2, 0) is 71.4 Å². The fourth-order valence-electron chi connectivity index (χ4n) is 4.16. The Morgan fingerprint density at radius 2 is 0.976 bits per heavy atom. The molecule has 2 heterocycles. The molecule has 0 radical (unpaired) electrons. The molecule has 0 spiro atoms. The quantitative estimate of drug-likeness (QED) is 0.177. The van der Waals surface area contributed by atoms with Gasteiger partial charge in [-0.1, -0.05) is 15.9 Å². The number of esters is 6. The van der Waals surface area contributed by atoms with Crippen molar-refractivity contribution in [2.45, 2.75) is 102 Å². The molecule has 0 amide bonds. The molecule has 0 bridgehead atoms. The van der Waals surface area contributed by atoms with Gasteiger partial charge in [-0.05, 0) is 0 Å². The number of hydrogen-bond acceptors (Lipinski definition) is 16. The molecule has 17 heteroatoms. The molecule has 41 heavy (non-hydrogen) atoms. The van der Waals surface area contributed by atoms with Crippen molar-refractivity contribution in [2.75, 3.05) is 13.2 Å². The lowest BCUT2D eigenvalue weighted by molar-refractivity contribution is -0.337. The van der Waals surface area contributed by atoms with Gasteiger partial charge < -0.3 is 47.7 Å². The van der Waals surface area contributed by atoms with Crippen molar-refractivity contribution in [3.63, 3.8) is 0 Å². The number of carbonyl (C=O) groups excluding carboxylic acids is 6. The van der Waals surface area contributed by atoms with Crippen LogP contribution in [0.25, 0.3) is 0 Å². The van der Waals surface area contributed by atoms with Crippen LogP contribution >= 0.6 is 15.9 Å². The third-order valence-corrected chi connectivity index (χ3v) is 6.56. The molecule has 2 rings (SSSR count). The largest absolute Gasteiger partial charge is 0.463 e. The van der Waals surface area contributed by atoms with Crippen molar-refractivity contribution >= 4 is 51.7 Å². The molecule has 0 aromatic heterocycles. The summed E-state index contributed by atoms with van der Waals surface area (Å²) >= 11 is 3.23. The van der Waals surface area contributed by atoms with Crippen LogP contribution in [0, 0.1) is 0 Å². The van der Waals surface area contributed by atoms with E-state index in [1.807, 2.05) is 0 Å². The van der Waals surface area contributed by atoms with Gasteiger partial charge in [0.1, 0.15) is 31.5 Å². The Labute approximate surface area is 243 Å². The number of hydrogen-bond donors (Lipinski definition) is 1. The van der Waals surface area contributed by atoms with Gasteiger partial charge in [-0.2, -0.15) is 0 Å². The highest BCUT2D eigenvalue weighted by Gasteiger charge is 2.56. The molecule has 0 aliphatic carbocycles. The number of ether oxygens (including phenoxy) is 9. The lowest BCUT2D eigenvalue weighted by Gasteiger charge is -2.47. The maximum atomic E-state index is 12.1. The molecule has 0 aromatic carbocycles. The summed E-state index contributed by atoms with van der Waals surface area (Å²) in [5.74, 6) is -4.71. The van der Waals surface area contributed by atoms with Crippen LogP contribution in [0.1, 0.15) is 41.5 Å². The second-order valence-electron chi connectivity index (χ2n) is 9.05. The van der Waals surface area contributed by atoms with E-state index in [9.17, 15) is 33.9 Å². The van der Waals surface area contributed by atoms with Crippen molar-refractivity contribution in [3.05, 3.63) is 0 Å². The summed E-state index contributed by atoms with van der Waals surface area (Å²) in [6.45, 7) is 5.59. The van der Waals surface area contributed by atoms with E-state index in [1.54, 1.807) is 0 Å². The fourth-order valence-corrected chi connectivity index (χ4v) is 4.71. The van der Waals surface area contributed by atoms with Gasteiger partial charge in [-0.15, -0.1) is 0 Å². The van der Waals surface area contributed by atoms with Gasteiger partial charge in [0.15, 0.2) is 37.0 Å². The summed E-state index contributed by atoms with van der Waals surface area (Å²) in [6.07, 6.45) is -13.0. The summed E-state index contributed by atoms with van der Waals surface area (Å²) < 4.78 is 49.0. The van der Waals surface area contributed by atoms with Gasteiger partial charge in [0.05, 0.1) is 4.83 Å². The summed E-state index contributed by atoms with van der Waals surface area (Å²) in [4.78, 5) is 69.9. The number of rotatable bonds is 10. The first kappa shape index (κ1) is 34.3. The first-order chi connectivity index (χ1) is 19.1. The zero-order chi connectivity index (χ0) is 31.0. The summed E-state index contributed by atoms with van der Waals surface area (Å²) in [6, 6.07) is 0. The standard InChI is InChI=1S/C24H33BrO16/c1-9(26)33-7-15-18(35-11(3)28)20(17(25)23(32)39-15)41-24-22(38-14(6)31)21(37-13(5)30)19(36-12(4)29)16(40-24)8-34-10(2)27/h15-24,32H,7-8H2,1-6H3/t15-,16-,17-,18-,19+,20-,21+,22-,23?,24+/m1/s1. The molecular formula is C24H33BrO16. The molecule has 2 fully saturated rings. The molecule has 0 aromatic rings. The average molecular weight is 657 g/mol. The van der Waals surface area contributed by atoms with E-state index < -0.39 is 109 Å². The second kappa shape index (κ2) is 15.4. The predicted molar refractivity (Wildman–Crippen MR) is 133 cm³/mol. The van der Waals surface area contributed by atoms with Gasteiger partial charge in [0, 0.05) is 41.5 Å². The third-order valence-electron chi connectivity index (χ3n) is 5.58. The number of aliphatic hydroxyl groups excluding tert-OH is 1. The molecule has 2 aliphatic heterocycles. The van der Waals surface area contributed by atoms with Crippen LogP contribution in [0.15, 0.2) is 0 Å². The number of carbonyl (C=O) groups is 6. The van der Waals surface area contributed by atoms with Crippen LogP contribution in [0.4, 0.5) is 0 Å². The number of alkyl halides is 1. The molecule has 2 saturated heterocycles. The van der Waals surface area contributed by atoms with Crippen molar-refractivity contribution < 1.29 is 76.5 Å². The van der Waals surface area contributed by atoms with Crippen LogP contribution in [0.5, 0.6) is 0 Å². The van der Waals surface area contributed by atoms with Crippen LogP contribution in [0.2, 0.25) is 0 Å². The summed E-state index contributed by atoms with van der Waals surface area (Å²) in [5.41, 5.74) is 0. The number of halogens is 1. The second-order valence-corrected chi connectivity index (χ2v) is 10.1. The zero-order valence-corrected chi connectivity index (χ0v) is 24.7. The highest BCUT2D eigenvalue weighted by molar-refractivity contribution is 9.09. The Bertz CT molecular complexity index is 987. The highest BCUT2D eigenvalue weighted by atomic mass is 79.9. The van der Waals surface area contributed by atoms with E-state index in [2.05, 4.69) is 15.9 Å². The van der Waals surface area contributed by atoms with E-state index in [0.717, 1.165) is 41.5 Å². The Morgan fingerprint density at radius 1 is 0.585 bits per heavy atom. The van der Waals surface area contributed by atoms with Crippen LogP contribution < -0.4 is 0 Å². The molecule has 1 unspecified atom stereocenters. The minimum atomic E-state index is -1.65. The highest BCUT2D eigenvalue weighted by Crippen LogP contribution is 2.35. The van der Waals surface area contributed by atoms with Gasteiger partial charge in [0.2, 0.25) is 0 Å². The zero-order valence-electron chi connectivity index (χ0n) is 23.1. The van der Waals surface area contributed by atoms with Gasteiger partial charge in [0.25, 0.3) is 0 Å². The van der Waals surface area contributed by atoms with Gasteiger partial charge >= 0.3 is 35.8 Å². The fraction of sp³-hybridized carbons (Fsp3) is 0.750. The van der Waals surface area contributed by atoms with Crippen LogP contribution in [-0.4, -0.2) is 114 Å². The van der Waals surface area contributed by atoms with Crippen LogP contribution in [0.3, 0.4) is 0 Å². The lowest BCUT2D eigenvalue weighted by atomic mass is 9.97. The van der Waals surface area contributed by atoms with Gasteiger partial charge in [-0.3, -0.25) is 28.8 Å². The van der Waals surface area contributed by atoms with Crippen molar-refractivity contribution in [1.82, 2.24) is 0 Å². The van der Waals surface area contributed by atoms with E-state index in [-0.39, 0.29) is 0 Å². The summed E-state index contributed by atoms with van der Waals surface area (Å²) in [7, 11) is 0. The normalized spacial score (nSPS) is 33.1. The lowest BCUT2D eigenvalue weighted by Crippen LogP contribution is -2.66. The maximum absolute atomic E-state index is 12.1. The minimum Gasteiger partial charge on any atom is -0.463 e.